The largest absolute Gasteiger partial charge is 0.322 e. The van der Waals surface area contributed by atoms with Crippen molar-refractivity contribution in [2.24, 2.45) is 0 Å². The van der Waals surface area contributed by atoms with E-state index in [1.54, 1.807) is 0 Å². The van der Waals surface area contributed by atoms with Crippen LogP contribution in [0.15, 0.2) is 48.5 Å². The number of aryl methyl sites for hydroxylation is 1. The van der Waals surface area contributed by atoms with Crippen molar-refractivity contribution in [1.29, 1.82) is 0 Å². The van der Waals surface area contributed by atoms with Crippen molar-refractivity contribution in [3.63, 3.8) is 0 Å². The maximum Gasteiger partial charge on any atom is 0.255 e. The summed E-state index contributed by atoms with van der Waals surface area (Å²) < 4.78 is 0. The summed E-state index contributed by atoms with van der Waals surface area (Å²) in [7, 11) is 0. The van der Waals surface area contributed by atoms with E-state index in [-0.39, 0.29) is 5.91 Å². The van der Waals surface area contributed by atoms with Gasteiger partial charge in [-0.1, -0.05) is 64.1 Å². The summed E-state index contributed by atoms with van der Waals surface area (Å²) in [6.45, 7) is 10.3. The molecule has 118 valence electrons. The van der Waals surface area contributed by atoms with Crippen LogP contribution >= 0.6 is 0 Å². The van der Waals surface area contributed by atoms with Gasteiger partial charge in [-0.15, -0.1) is 0 Å². The summed E-state index contributed by atoms with van der Waals surface area (Å²) in [5.41, 5.74) is 3.82. The van der Waals surface area contributed by atoms with Crippen LogP contribution in [0.1, 0.15) is 61.5 Å². The molecule has 1 N–H and O–H groups in total. The Morgan fingerprint density at radius 2 is 1.64 bits per heavy atom. The molecule has 2 aromatic rings. The molecule has 0 aromatic heterocycles. The van der Waals surface area contributed by atoms with E-state index in [9.17, 15) is 4.79 Å². The van der Waals surface area contributed by atoms with Crippen molar-refractivity contribution < 1.29 is 4.79 Å². The second-order valence-corrected chi connectivity index (χ2v) is 5.17. The van der Waals surface area contributed by atoms with Crippen molar-refractivity contribution in [1.82, 2.24) is 0 Å². The first-order valence-electron chi connectivity index (χ1n) is 8.09. The highest BCUT2D eigenvalue weighted by Gasteiger charge is 2.13. The lowest BCUT2D eigenvalue weighted by Gasteiger charge is -2.16. The smallest absolute Gasteiger partial charge is 0.255 e. The Balaban J connectivity index is 0.00000116. The fourth-order valence-electron chi connectivity index (χ4n) is 2.28. The van der Waals surface area contributed by atoms with Crippen molar-refractivity contribution in [3.05, 3.63) is 65.2 Å². The molecule has 1 amide bonds. The van der Waals surface area contributed by atoms with E-state index < -0.39 is 0 Å². The minimum absolute atomic E-state index is 0.0427. The Labute approximate surface area is 134 Å². The second kappa shape index (κ2) is 9.04. The lowest BCUT2D eigenvalue weighted by Crippen LogP contribution is -2.15. The van der Waals surface area contributed by atoms with Crippen LogP contribution in [0.25, 0.3) is 0 Å². The molecule has 2 heteroatoms. The Hall–Kier alpha value is -2.09. The van der Waals surface area contributed by atoms with Gasteiger partial charge in [0, 0.05) is 11.3 Å². The normalized spacial score (nSPS) is 11.1. The highest BCUT2D eigenvalue weighted by atomic mass is 16.1. The third-order valence-electron chi connectivity index (χ3n) is 3.74. The predicted octanol–water partition coefficient (Wildman–Crippen LogP) is 5.79. The van der Waals surface area contributed by atoms with Crippen LogP contribution in [0, 0.1) is 6.92 Å². The van der Waals surface area contributed by atoms with Crippen LogP contribution in [-0.2, 0) is 0 Å². The number of carbonyl (C=O) groups excluding carboxylic acids is 1. The van der Waals surface area contributed by atoms with Crippen molar-refractivity contribution in [2.75, 3.05) is 5.32 Å². The molecular weight excluding hydrogens is 270 g/mol. The number of carbonyl (C=O) groups is 1. The topological polar surface area (TPSA) is 29.1 Å². The lowest BCUT2D eigenvalue weighted by atomic mass is 9.96. The monoisotopic (exact) mass is 297 g/mol. The number of amides is 1. The van der Waals surface area contributed by atoms with Gasteiger partial charge in [0.1, 0.15) is 0 Å². The average molecular weight is 297 g/mol. The number of nitrogens with one attached hydrogen (secondary N) is 1. The van der Waals surface area contributed by atoms with Gasteiger partial charge in [0.05, 0.1) is 0 Å². The van der Waals surface area contributed by atoms with E-state index >= 15 is 0 Å². The molecule has 0 aliphatic rings. The third kappa shape index (κ3) is 4.45. The minimum Gasteiger partial charge on any atom is -0.322 e. The molecular formula is C20H27NO. The van der Waals surface area contributed by atoms with Crippen molar-refractivity contribution in [2.45, 2.75) is 47.0 Å². The van der Waals surface area contributed by atoms with E-state index in [2.05, 4.69) is 25.2 Å². The van der Waals surface area contributed by atoms with Crippen LogP contribution in [0.5, 0.6) is 0 Å². The number of hydrogen-bond donors (Lipinski definition) is 1. The Morgan fingerprint density at radius 1 is 1.05 bits per heavy atom. The van der Waals surface area contributed by atoms with E-state index in [0.717, 1.165) is 23.2 Å². The van der Waals surface area contributed by atoms with Crippen LogP contribution in [0.3, 0.4) is 0 Å². The summed E-state index contributed by atoms with van der Waals surface area (Å²) in [6.07, 6.45) is 1.05. The summed E-state index contributed by atoms with van der Waals surface area (Å²) in [5, 5.41) is 3.04. The van der Waals surface area contributed by atoms with Crippen LogP contribution in [-0.4, -0.2) is 5.91 Å². The molecule has 0 heterocycles. The zero-order chi connectivity index (χ0) is 16.5. The fourth-order valence-corrected chi connectivity index (χ4v) is 2.28. The molecule has 2 rings (SSSR count). The van der Waals surface area contributed by atoms with Gasteiger partial charge in [0.25, 0.3) is 5.91 Å². The summed E-state index contributed by atoms with van der Waals surface area (Å²) >= 11 is 0. The number of benzene rings is 2. The quantitative estimate of drug-likeness (QED) is 0.760. The van der Waals surface area contributed by atoms with Gasteiger partial charge in [-0.25, -0.2) is 0 Å². The van der Waals surface area contributed by atoms with Gasteiger partial charge < -0.3 is 5.32 Å². The standard InChI is InChI=1S/C18H21NO.C2H6/c1-4-13(2)15-10-7-8-12-17(15)19-18(20)16-11-6-5-9-14(16)3;1-2/h5-13H,4H2,1-3H3,(H,19,20);1-2H3. The first-order chi connectivity index (χ1) is 10.6. The van der Waals surface area contributed by atoms with Gasteiger partial charge in [-0.3, -0.25) is 4.79 Å². The number of para-hydroxylation sites is 1. The first-order valence-corrected chi connectivity index (χ1v) is 8.09. The summed E-state index contributed by atoms with van der Waals surface area (Å²) in [4.78, 5) is 12.4. The molecule has 0 spiro atoms. The molecule has 0 fully saturated rings. The molecule has 1 atom stereocenters. The Kier molecular flexibility index (Phi) is 7.38. The molecule has 1 unspecified atom stereocenters. The molecule has 0 saturated heterocycles. The third-order valence-corrected chi connectivity index (χ3v) is 3.74. The molecule has 0 radical (unpaired) electrons. The second-order valence-electron chi connectivity index (χ2n) is 5.17. The molecule has 0 saturated carbocycles. The van der Waals surface area contributed by atoms with E-state index in [4.69, 9.17) is 0 Å². The van der Waals surface area contributed by atoms with E-state index in [1.807, 2.05) is 63.2 Å². The van der Waals surface area contributed by atoms with E-state index in [1.165, 1.54) is 5.56 Å². The predicted molar refractivity (Wildman–Crippen MR) is 95.6 cm³/mol. The first kappa shape index (κ1) is 18.0. The number of anilines is 1. The summed E-state index contributed by atoms with van der Waals surface area (Å²) in [6, 6.07) is 15.7. The van der Waals surface area contributed by atoms with Gasteiger partial charge in [0.2, 0.25) is 0 Å². The zero-order valence-corrected chi connectivity index (χ0v) is 14.3. The highest BCUT2D eigenvalue weighted by Crippen LogP contribution is 2.27. The Bertz CT molecular complexity index is 604. The van der Waals surface area contributed by atoms with E-state index in [0.29, 0.717) is 5.92 Å². The molecule has 0 aliphatic carbocycles. The maximum absolute atomic E-state index is 12.4. The SMILES string of the molecule is CC.CCC(C)c1ccccc1NC(=O)c1ccccc1C. The lowest BCUT2D eigenvalue weighted by molar-refractivity contribution is 0.102. The van der Waals surface area contributed by atoms with Gasteiger partial charge in [-0.05, 0) is 42.5 Å². The molecule has 22 heavy (non-hydrogen) atoms. The molecule has 2 aromatic carbocycles. The summed E-state index contributed by atoms with van der Waals surface area (Å²) in [5.74, 6) is 0.391. The average Bonchev–Trinajstić information content (AvgIpc) is 2.57. The van der Waals surface area contributed by atoms with Crippen LogP contribution in [0.2, 0.25) is 0 Å². The van der Waals surface area contributed by atoms with Crippen molar-refractivity contribution in [3.8, 4) is 0 Å². The van der Waals surface area contributed by atoms with Crippen molar-refractivity contribution >= 4 is 11.6 Å². The van der Waals surface area contributed by atoms with Gasteiger partial charge in [0.15, 0.2) is 0 Å². The van der Waals surface area contributed by atoms with Gasteiger partial charge in [-0.2, -0.15) is 0 Å². The Morgan fingerprint density at radius 3 is 2.27 bits per heavy atom. The number of rotatable bonds is 4. The molecule has 0 bridgehead atoms. The maximum atomic E-state index is 12.4. The highest BCUT2D eigenvalue weighted by molar-refractivity contribution is 6.05. The fraction of sp³-hybridized carbons (Fsp3) is 0.350. The molecule has 0 aliphatic heterocycles. The zero-order valence-electron chi connectivity index (χ0n) is 14.3. The molecule has 2 nitrogen and oxygen atoms in total. The van der Waals surface area contributed by atoms with Gasteiger partial charge >= 0.3 is 0 Å². The minimum atomic E-state index is -0.0427. The number of hydrogen-bond acceptors (Lipinski definition) is 1. The van der Waals surface area contributed by atoms with Crippen LogP contribution in [0.4, 0.5) is 5.69 Å². The van der Waals surface area contributed by atoms with Crippen LogP contribution < -0.4 is 5.32 Å².